The molecule has 0 amide bonds. The lowest BCUT2D eigenvalue weighted by atomic mass is 10.0. The van der Waals surface area contributed by atoms with Gasteiger partial charge in [-0.3, -0.25) is 4.68 Å². The van der Waals surface area contributed by atoms with Crippen molar-refractivity contribution in [2.75, 3.05) is 13.2 Å². The minimum atomic E-state index is 0.269. The molecule has 0 radical (unpaired) electrons. The van der Waals surface area contributed by atoms with Crippen molar-refractivity contribution in [3.05, 3.63) is 47.3 Å². The summed E-state index contributed by atoms with van der Waals surface area (Å²) < 4.78 is 7.57. The highest BCUT2D eigenvalue weighted by Crippen LogP contribution is 2.23. The molecular formula is C17H25N3O. The van der Waals surface area contributed by atoms with Gasteiger partial charge in [-0.1, -0.05) is 19.1 Å². The second-order valence-corrected chi connectivity index (χ2v) is 5.22. The first-order valence-corrected chi connectivity index (χ1v) is 7.59. The van der Waals surface area contributed by atoms with Crippen molar-refractivity contribution in [2.24, 2.45) is 7.05 Å². The normalized spacial score (nSPS) is 12.4. The highest BCUT2D eigenvalue weighted by atomic mass is 16.5. The molecule has 0 aliphatic carbocycles. The third kappa shape index (κ3) is 4.08. The Morgan fingerprint density at radius 3 is 2.71 bits per heavy atom. The quantitative estimate of drug-likeness (QED) is 0.851. The van der Waals surface area contributed by atoms with E-state index < -0.39 is 0 Å². The minimum absolute atomic E-state index is 0.269. The summed E-state index contributed by atoms with van der Waals surface area (Å²) >= 11 is 0. The van der Waals surface area contributed by atoms with E-state index in [1.807, 2.05) is 31.6 Å². The number of nitrogens with one attached hydrogen (secondary N) is 1. The Morgan fingerprint density at radius 2 is 2.10 bits per heavy atom. The molecule has 1 N–H and O–H groups in total. The van der Waals surface area contributed by atoms with Crippen molar-refractivity contribution in [1.29, 1.82) is 0 Å². The lowest BCUT2D eigenvalue weighted by Gasteiger charge is -2.19. The fourth-order valence-corrected chi connectivity index (χ4v) is 2.61. The van der Waals surface area contributed by atoms with E-state index in [9.17, 15) is 0 Å². The van der Waals surface area contributed by atoms with Gasteiger partial charge in [0, 0.05) is 25.2 Å². The molecule has 1 heterocycles. The van der Waals surface area contributed by atoms with Gasteiger partial charge in [-0.15, -0.1) is 0 Å². The van der Waals surface area contributed by atoms with E-state index in [-0.39, 0.29) is 6.04 Å². The van der Waals surface area contributed by atoms with Crippen LogP contribution in [-0.4, -0.2) is 22.9 Å². The van der Waals surface area contributed by atoms with Crippen LogP contribution in [0.5, 0.6) is 5.75 Å². The SMILES string of the molecule is CCNC(Cc1cc(C)nn1C)c1cccc(OCC)c1. The fraction of sp³-hybridized carbons (Fsp3) is 0.471. The van der Waals surface area contributed by atoms with Crippen LogP contribution in [0, 0.1) is 6.92 Å². The second kappa shape index (κ2) is 7.27. The van der Waals surface area contributed by atoms with Gasteiger partial charge in [0.15, 0.2) is 0 Å². The van der Waals surface area contributed by atoms with Gasteiger partial charge in [0.05, 0.1) is 12.3 Å². The van der Waals surface area contributed by atoms with E-state index in [1.54, 1.807) is 0 Å². The molecule has 0 saturated heterocycles. The van der Waals surface area contributed by atoms with Gasteiger partial charge >= 0.3 is 0 Å². The Hall–Kier alpha value is -1.81. The van der Waals surface area contributed by atoms with E-state index in [4.69, 9.17) is 4.74 Å². The van der Waals surface area contributed by atoms with Crippen molar-refractivity contribution in [2.45, 2.75) is 33.2 Å². The number of rotatable bonds is 7. The largest absolute Gasteiger partial charge is 0.494 e. The third-order valence-corrected chi connectivity index (χ3v) is 3.53. The lowest BCUT2D eigenvalue weighted by Crippen LogP contribution is -2.24. The maximum atomic E-state index is 5.61. The summed E-state index contributed by atoms with van der Waals surface area (Å²) in [6, 6.07) is 10.8. The van der Waals surface area contributed by atoms with Crippen LogP contribution in [0.25, 0.3) is 0 Å². The molecule has 4 nitrogen and oxygen atoms in total. The smallest absolute Gasteiger partial charge is 0.119 e. The van der Waals surface area contributed by atoms with E-state index in [1.165, 1.54) is 11.3 Å². The van der Waals surface area contributed by atoms with Gasteiger partial charge in [-0.05, 0) is 44.2 Å². The maximum absolute atomic E-state index is 5.61. The predicted molar refractivity (Wildman–Crippen MR) is 85.7 cm³/mol. The topological polar surface area (TPSA) is 39.1 Å². The van der Waals surface area contributed by atoms with Crippen LogP contribution in [0.3, 0.4) is 0 Å². The number of hydrogen-bond donors (Lipinski definition) is 1. The van der Waals surface area contributed by atoms with Crippen LogP contribution < -0.4 is 10.1 Å². The highest BCUT2D eigenvalue weighted by molar-refractivity contribution is 5.31. The van der Waals surface area contributed by atoms with Crippen LogP contribution >= 0.6 is 0 Å². The summed E-state index contributed by atoms with van der Waals surface area (Å²) in [5.74, 6) is 0.930. The molecule has 0 fully saturated rings. The van der Waals surface area contributed by atoms with Crippen molar-refractivity contribution in [3.8, 4) is 5.75 Å². The molecule has 114 valence electrons. The number of benzene rings is 1. The summed E-state index contributed by atoms with van der Waals surface area (Å²) in [5.41, 5.74) is 3.55. The predicted octanol–water partition coefficient (Wildman–Crippen LogP) is 3.02. The van der Waals surface area contributed by atoms with Crippen molar-refractivity contribution in [3.63, 3.8) is 0 Å². The average Bonchev–Trinajstić information content (AvgIpc) is 2.77. The van der Waals surface area contributed by atoms with Gasteiger partial charge in [0.2, 0.25) is 0 Å². The van der Waals surface area contributed by atoms with E-state index in [0.29, 0.717) is 6.61 Å². The van der Waals surface area contributed by atoms with Gasteiger partial charge in [0.25, 0.3) is 0 Å². The van der Waals surface area contributed by atoms with Gasteiger partial charge in [-0.25, -0.2) is 0 Å². The zero-order chi connectivity index (χ0) is 15.2. The van der Waals surface area contributed by atoms with E-state index in [0.717, 1.165) is 24.4 Å². The van der Waals surface area contributed by atoms with Gasteiger partial charge < -0.3 is 10.1 Å². The second-order valence-electron chi connectivity index (χ2n) is 5.22. The van der Waals surface area contributed by atoms with Gasteiger partial charge in [0.1, 0.15) is 5.75 Å². The molecular weight excluding hydrogens is 262 g/mol. The Morgan fingerprint density at radius 1 is 1.29 bits per heavy atom. The minimum Gasteiger partial charge on any atom is -0.494 e. The first kappa shape index (κ1) is 15.6. The Bertz CT molecular complexity index is 577. The Balaban J connectivity index is 2.21. The number of likely N-dealkylation sites (N-methyl/N-ethyl adjacent to an activating group) is 1. The summed E-state index contributed by atoms with van der Waals surface area (Å²) in [4.78, 5) is 0. The number of aromatic nitrogens is 2. The van der Waals surface area contributed by atoms with Crippen LogP contribution in [0.2, 0.25) is 0 Å². The highest BCUT2D eigenvalue weighted by Gasteiger charge is 2.14. The van der Waals surface area contributed by atoms with Crippen molar-refractivity contribution >= 4 is 0 Å². The van der Waals surface area contributed by atoms with Gasteiger partial charge in [-0.2, -0.15) is 5.10 Å². The summed E-state index contributed by atoms with van der Waals surface area (Å²) in [5, 5.41) is 7.99. The molecule has 0 saturated carbocycles. The first-order valence-electron chi connectivity index (χ1n) is 7.59. The number of ether oxygens (including phenoxy) is 1. The molecule has 2 rings (SSSR count). The molecule has 0 bridgehead atoms. The van der Waals surface area contributed by atoms with Crippen LogP contribution in [-0.2, 0) is 13.5 Å². The molecule has 1 atom stereocenters. The fourth-order valence-electron chi connectivity index (χ4n) is 2.61. The summed E-state index contributed by atoms with van der Waals surface area (Å²) in [7, 11) is 2.00. The van der Waals surface area contributed by atoms with E-state index in [2.05, 4.69) is 41.6 Å². The lowest BCUT2D eigenvalue weighted by molar-refractivity contribution is 0.339. The van der Waals surface area contributed by atoms with Crippen LogP contribution in [0.4, 0.5) is 0 Å². The molecule has 0 spiro atoms. The number of hydrogen-bond acceptors (Lipinski definition) is 3. The standard InChI is InChI=1S/C17H25N3O/c1-5-18-17(12-15-10-13(3)19-20(15)4)14-8-7-9-16(11-14)21-6-2/h7-11,17-18H,5-6,12H2,1-4H3. The Kier molecular flexibility index (Phi) is 5.39. The third-order valence-electron chi connectivity index (χ3n) is 3.53. The molecule has 4 heteroatoms. The molecule has 1 aromatic carbocycles. The summed E-state index contributed by atoms with van der Waals surface area (Å²) in [6.45, 7) is 7.79. The van der Waals surface area contributed by atoms with Crippen molar-refractivity contribution in [1.82, 2.24) is 15.1 Å². The van der Waals surface area contributed by atoms with E-state index >= 15 is 0 Å². The molecule has 1 aromatic heterocycles. The van der Waals surface area contributed by atoms with Crippen LogP contribution in [0.1, 0.15) is 36.8 Å². The molecule has 0 aliphatic rings. The zero-order valence-corrected chi connectivity index (χ0v) is 13.4. The van der Waals surface area contributed by atoms with Crippen molar-refractivity contribution < 1.29 is 4.74 Å². The Labute approximate surface area is 127 Å². The molecule has 1 unspecified atom stereocenters. The molecule has 0 aliphatic heterocycles. The number of nitrogens with zero attached hydrogens (tertiary/aromatic N) is 2. The molecule has 21 heavy (non-hydrogen) atoms. The first-order chi connectivity index (χ1) is 10.1. The summed E-state index contributed by atoms with van der Waals surface area (Å²) in [6.07, 6.45) is 0.917. The number of aryl methyl sites for hydroxylation is 2. The zero-order valence-electron chi connectivity index (χ0n) is 13.4. The maximum Gasteiger partial charge on any atom is 0.119 e. The monoisotopic (exact) mass is 287 g/mol. The molecule has 2 aromatic rings. The van der Waals surface area contributed by atoms with Crippen LogP contribution in [0.15, 0.2) is 30.3 Å². The average molecular weight is 287 g/mol.